The fraction of sp³-hybridized carbons (Fsp3) is 0.278. The Labute approximate surface area is 135 Å². The van der Waals surface area contributed by atoms with Crippen LogP contribution in [0.4, 0.5) is 0 Å². The highest BCUT2D eigenvalue weighted by molar-refractivity contribution is 5.91. The molecular formula is C18H18N2O3. The molecule has 0 aliphatic heterocycles. The van der Waals surface area contributed by atoms with E-state index in [0.717, 1.165) is 47.4 Å². The van der Waals surface area contributed by atoms with E-state index >= 15 is 0 Å². The maximum atomic E-state index is 11.6. The summed E-state index contributed by atoms with van der Waals surface area (Å²) < 4.78 is 9.90. The molecule has 0 N–H and O–H groups in total. The second-order valence-electron chi connectivity index (χ2n) is 5.34. The van der Waals surface area contributed by atoms with E-state index in [1.54, 1.807) is 7.11 Å². The zero-order valence-corrected chi connectivity index (χ0v) is 13.2. The zero-order valence-electron chi connectivity index (χ0n) is 13.2. The van der Waals surface area contributed by atoms with Crippen LogP contribution in [0.1, 0.15) is 24.1 Å². The van der Waals surface area contributed by atoms with Gasteiger partial charge in [0.25, 0.3) is 0 Å². The second-order valence-corrected chi connectivity index (χ2v) is 5.34. The first-order valence-corrected chi connectivity index (χ1v) is 7.50. The minimum absolute atomic E-state index is 0.350. The third kappa shape index (κ3) is 3.23. The van der Waals surface area contributed by atoms with Gasteiger partial charge in [0.2, 0.25) is 0 Å². The highest BCUT2D eigenvalue weighted by atomic mass is 16.5. The minimum atomic E-state index is -0.350. The normalized spacial score (nSPS) is 15.1. The number of fused-ring (bicyclic) bond motifs is 1. The summed E-state index contributed by atoms with van der Waals surface area (Å²) in [7, 11) is 3.01. The van der Waals surface area contributed by atoms with Crippen LogP contribution in [0.25, 0.3) is 17.0 Å². The van der Waals surface area contributed by atoms with Gasteiger partial charge in [-0.25, -0.2) is 14.8 Å². The summed E-state index contributed by atoms with van der Waals surface area (Å²) >= 11 is 0. The Hall–Kier alpha value is -2.69. The molecule has 0 unspecified atom stereocenters. The zero-order chi connectivity index (χ0) is 16.2. The van der Waals surface area contributed by atoms with Crippen molar-refractivity contribution in [2.75, 3.05) is 14.2 Å². The average Bonchev–Trinajstić information content (AvgIpc) is 2.61. The molecule has 118 valence electrons. The highest BCUT2D eigenvalue weighted by Gasteiger charge is 2.18. The Bertz CT molecular complexity index is 751. The SMILES string of the molecule is COC(=O)/C=C1\CCCc2cnc(-c3ccc(OC)cc3)nc21. The van der Waals surface area contributed by atoms with Crippen LogP contribution < -0.4 is 4.74 Å². The predicted octanol–water partition coefficient (Wildman–Crippen LogP) is 3.04. The van der Waals surface area contributed by atoms with Crippen LogP contribution in [0, 0.1) is 0 Å². The summed E-state index contributed by atoms with van der Waals surface area (Å²) in [6.07, 6.45) is 6.12. The predicted molar refractivity (Wildman–Crippen MR) is 87.0 cm³/mol. The van der Waals surface area contributed by atoms with Crippen LogP contribution in [-0.2, 0) is 16.0 Å². The van der Waals surface area contributed by atoms with Crippen LogP contribution >= 0.6 is 0 Å². The number of nitrogens with zero attached hydrogens (tertiary/aromatic N) is 2. The molecule has 0 saturated heterocycles. The van der Waals surface area contributed by atoms with Crippen molar-refractivity contribution in [1.82, 2.24) is 9.97 Å². The van der Waals surface area contributed by atoms with Gasteiger partial charge in [0, 0.05) is 17.8 Å². The minimum Gasteiger partial charge on any atom is -0.497 e. The van der Waals surface area contributed by atoms with E-state index < -0.39 is 0 Å². The number of rotatable bonds is 3. The van der Waals surface area contributed by atoms with Crippen LogP contribution in [0.2, 0.25) is 0 Å². The molecule has 0 amide bonds. The molecule has 0 bridgehead atoms. The van der Waals surface area contributed by atoms with Gasteiger partial charge in [-0.05, 0) is 54.7 Å². The molecular weight excluding hydrogens is 292 g/mol. The quantitative estimate of drug-likeness (QED) is 0.644. The number of esters is 1. The molecule has 1 aromatic carbocycles. The first kappa shape index (κ1) is 15.2. The van der Waals surface area contributed by atoms with Gasteiger partial charge in [-0.1, -0.05) is 0 Å². The lowest BCUT2D eigenvalue weighted by molar-refractivity contribution is -0.134. The van der Waals surface area contributed by atoms with Crippen molar-refractivity contribution in [2.24, 2.45) is 0 Å². The molecule has 0 fully saturated rings. The van der Waals surface area contributed by atoms with Gasteiger partial charge in [0.05, 0.1) is 19.9 Å². The molecule has 2 aromatic rings. The molecule has 5 nitrogen and oxygen atoms in total. The fourth-order valence-electron chi connectivity index (χ4n) is 2.68. The third-order valence-corrected chi connectivity index (χ3v) is 3.90. The van der Waals surface area contributed by atoms with Gasteiger partial charge in [-0.2, -0.15) is 0 Å². The Morgan fingerprint density at radius 1 is 1.17 bits per heavy atom. The van der Waals surface area contributed by atoms with Gasteiger partial charge >= 0.3 is 5.97 Å². The topological polar surface area (TPSA) is 61.3 Å². The first-order chi connectivity index (χ1) is 11.2. The van der Waals surface area contributed by atoms with Crippen LogP contribution in [0.15, 0.2) is 36.5 Å². The summed E-state index contributed by atoms with van der Waals surface area (Å²) in [6, 6.07) is 7.60. The van der Waals surface area contributed by atoms with E-state index in [0.29, 0.717) is 5.82 Å². The number of carbonyl (C=O) groups excluding carboxylic acids is 1. The Morgan fingerprint density at radius 3 is 2.65 bits per heavy atom. The van der Waals surface area contributed by atoms with Gasteiger partial charge in [0.15, 0.2) is 5.82 Å². The molecule has 3 rings (SSSR count). The lowest BCUT2D eigenvalue weighted by atomic mass is 9.92. The molecule has 1 aliphatic carbocycles. The molecule has 0 atom stereocenters. The van der Waals surface area contributed by atoms with Crippen molar-refractivity contribution in [1.29, 1.82) is 0 Å². The Balaban J connectivity index is 2.00. The number of methoxy groups -OCH3 is 2. The molecule has 0 radical (unpaired) electrons. The Morgan fingerprint density at radius 2 is 1.96 bits per heavy atom. The molecule has 1 aliphatic rings. The summed E-state index contributed by atoms with van der Waals surface area (Å²) in [5, 5.41) is 0. The van der Waals surface area contributed by atoms with E-state index in [2.05, 4.69) is 9.97 Å². The lowest BCUT2D eigenvalue weighted by Crippen LogP contribution is -2.09. The number of aryl methyl sites for hydroxylation is 1. The third-order valence-electron chi connectivity index (χ3n) is 3.90. The number of allylic oxidation sites excluding steroid dienone is 1. The second kappa shape index (κ2) is 6.60. The maximum absolute atomic E-state index is 11.6. The summed E-state index contributed by atoms with van der Waals surface area (Å²) in [4.78, 5) is 20.7. The Kier molecular flexibility index (Phi) is 4.37. The van der Waals surface area contributed by atoms with E-state index in [1.807, 2.05) is 30.5 Å². The van der Waals surface area contributed by atoms with Gasteiger partial charge < -0.3 is 9.47 Å². The van der Waals surface area contributed by atoms with Crippen LogP contribution in [-0.4, -0.2) is 30.2 Å². The number of ether oxygens (including phenoxy) is 2. The number of carbonyl (C=O) groups is 1. The van der Waals surface area contributed by atoms with Crippen LogP contribution in [0.5, 0.6) is 5.75 Å². The molecule has 5 heteroatoms. The van der Waals surface area contributed by atoms with Gasteiger partial charge in [-0.15, -0.1) is 0 Å². The molecule has 23 heavy (non-hydrogen) atoms. The number of hydrogen-bond acceptors (Lipinski definition) is 5. The number of benzene rings is 1. The van der Waals surface area contributed by atoms with E-state index in [9.17, 15) is 4.79 Å². The van der Waals surface area contributed by atoms with Crippen molar-refractivity contribution in [3.05, 3.63) is 47.8 Å². The van der Waals surface area contributed by atoms with Gasteiger partial charge in [-0.3, -0.25) is 0 Å². The summed E-state index contributed by atoms with van der Waals surface area (Å²) in [5.74, 6) is 1.08. The first-order valence-electron chi connectivity index (χ1n) is 7.50. The van der Waals surface area contributed by atoms with Crippen molar-refractivity contribution >= 4 is 11.5 Å². The molecule has 1 aromatic heterocycles. The van der Waals surface area contributed by atoms with Crippen molar-refractivity contribution in [3.63, 3.8) is 0 Å². The van der Waals surface area contributed by atoms with E-state index in [4.69, 9.17) is 9.47 Å². The summed E-state index contributed by atoms with van der Waals surface area (Å²) in [6.45, 7) is 0. The van der Waals surface area contributed by atoms with Crippen LogP contribution in [0.3, 0.4) is 0 Å². The standard InChI is InChI=1S/C18H18N2O3/c1-22-15-8-6-12(7-9-15)18-19-11-14-5-3-4-13(17(14)20-18)10-16(21)23-2/h6-11H,3-5H2,1-2H3/b13-10+. The van der Waals surface area contributed by atoms with E-state index in [-0.39, 0.29) is 5.97 Å². The van der Waals surface area contributed by atoms with Crippen molar-refractivity contribution < 1.29 is 14.3 Å². The highest BCUT2D eigenvalue weighted by Crippen LogP contribution is 2.30. The van der Waals surface area contributed by atoms with Crippen molar-refractivity contribution in [3.8, 4) is 17.1 Å². The van der Waals surface area contributed by atoms with Gasteiger partial charge in [0.1, 0.15) is 5.75 Å². The largest absolute Gasteiger partial charge is 0.497 e. The van der Waals surface area contributed by atoms with E-state index in [1.165, 1.54) is 13.2 Å². The smallest absolute Gasteiger partial charge is 0.330 e. The fourth-order valence-corrected chi connectivity index (χ4v) is 2.68. The molecule has 0 spiro atoms. The monoisotopic (exact) mass is 310 g/mol. The molecule has 1 heterocycles. The van der Waals surface area contributed by atoms with Crippen molar-refractivity contribution in [2.45, 2.75) is 19.3 Å². The average molecular weight is 310 g/mol. The number of aromatic nitrogens is 2. The summed E-state index contributed by atoms with van der Waals surface area (Å²) in [5.41, 5.74) is 3.75. The number of hydrogen-bond donors (Lipinski definition) is 0. The maximum Gasteiger partial charge on any atom is 0.330 e. The molecule has 0 saturated carbocycles. The lowest BCUT2D eigenvalue weighted by Gasteiger charge is -2.18.